The van der Waals surface area contributed by atoms with E-state index in [2.05, 4.69) is 5.32 Å². The van der Waals surface area contributed by atoms with E-state index in [0.717, 1.165) is 6.54 Å². The van der Waals surface area contributed by atoms with Crippen LogP contribution in [-0.4, -0.2) is 20.7 Å². The number of rotatable bonds is 3. The molecule has 0 aromatic heterocycles. The van der Waals surface area contributed by atoms with Crippen LogP contribution in [0.2, 0.25) is 0 Å². The lowest BCUT2D eigenvalue weighted by molar-refractivity contribution is 0.420. The summed E-state index contributed by atoms with van der Waals surface area (Å²) in [6.07, 6.45) is 5.60. The fraction of sp³-hybridized carbons (Fsp3) is 0.600. The minimum absolute atomic E-state index is 0.0372. The Balaban J connectivity index is 1.81. The predicted octanol–water partition coefficient (Wildman–Crippen LogP) is 2.82. The zero-order valence-electron chi connectivity index (χ0n) is 11.4. The van der Waals surface area contributed by atoms with Crippen molar-refractivity contribution >= 4 is 9.84 Å². The Bertz CT molecular complexity index is 594. The van der Waals surface area contributed by atoms with Crippen LogP contribution in [0.4, 0.5) is 4.39 Å². The molecule has 20 heavy (non-hydrogen) atoms. The van der Waals surface area contributed by atoms with Gasteiger partial charge in [0.15, 0.2) is 9.84 Å². The standard InChI is InChI=1S/C15H20FNO2S/c16-12-5-6-15-13(9-12)14(7-8-20(15,18)19)17-10-11-3-1-2-4-11/h5-6,9,11,14,17H,1-4,7-8,10H2. The van der Waals surface area contributed by atoms with Crippen LogP contribution in [0, 0.1) is 11.7 Å². The number of sulfone groups is 1. The molecule has 1 atom stereocenters. The molecular weight excluding hydrogens is 277 g/mol. The van der Waals surface area contributed by atoms with E-state index in [-0.39, 0.29) is 17.6 Å². The fourth-order valence-electron chi connectivity index (χ4n) is 3.35. The molecule has 0 saturated heterocycles. The smallest absolute Gasteiger partial charge is 0.178 e. The highest BCUT2D eigenvalue weighted by Gasteiger charge is 2.30. The molecule has 1 N–H and O–H groups in total. The Morgan fingerprint density at radius 3 is 2.70 bits per heavy atom. The summed E-state index contributed by atoms with van der Waals surface area (Å²) < 4.78 is 37.5. The number of nitrogens with one attached hydrogen (secondary N) is 1. The second kappa shape index (κ2) is 5.45. The molecule has 1 unspecified atom stereocenters. The van der Waals surface area contributed by atoms with Crippen molar-refractivity contribution in [2.24, 2.45) is 5.92 Å². The fourth-order valence-corrected chi connectivity index (χ4v) is 4.95. The lowest BCUT2D eigenvalue weighted by Gasteiger charge is -2.27. The van der Waals surface area contributed by atoms with E-state index >= 15 is 0 Å². The minimum Gasteiger partial charge on any atom is -0.310 e. The first-order valence-corrected chi connectivity index (χ1v) is 8.97. The predicted molar refractivity (Wildman–Crippen MR) is 75.8 cm³/mol. The normalized spacial score (nSPS) is 25.6. The summed E-state index contributed by atoms with van der Waals surface area (Å²) in [7, 11) is -3.24. The van der Waals surface area contributed by atoms with Crippen molar-refractivity contribution in [3.8, 4) is 0 Å². The van der Waals surface area contributed by atoms with Gasteiger partial charge < -0.3 is 5.32 Å². The molecule has 1 heterocycles. The first-order chi connectivity index (χ1) is 9.56. The highest BCUT2D eigenvalue weighted by Crippen LogP contribution is 2.33. The Labute approximate surface area is 119 Å². The molecule has 0 amide bonds. The molecule has 0 spiro atoms. The SMILES string of the molecule is O=S1(=O)CCC(NCC2CCCC2)c2cc(F)ccc21. The van der Waals surface area contributed by atoms with Gasteiger partial charge in [-0.2, -0.15) is 0 Å². The van der Waals surface area contributed by atoms with Crippen molar-refractivity contribution in [1.29, 1.82) is 0 Å². The van der Waals surface area contributed by atoms with Crippen LogP contribution >= 0.6 is 0 Å². The number of hydrogen-bond donors (Lipinski definition) is 1. The van der Waals surface area contributed by atoms with Gasteiger partial charge in [-0.15, -0.1) is 0 Å². The second-order valence-electron chi connectivity index (χ2n) is 5.90. The van der Waals surface area contributed by atoms with E-state index < -0.39 is 9.84 Å². The highest BCUT2D eigenvalue weighted by molar-refractivity contribution is 7.91. The first-order valence-electron chi connectivity index (χ1n) is 7.32. The number of fused-ring (bicyclic) bond motifs is 1. The lowest BCUT2D eigenvalue weighted by atomic mass is 10.0. The van der Waals surface area contributed by atoms with Crippen molar-refractivity contribution in [2.75, 3.05) is 12.3 Å². The molecule has 3 rings (SSSR count). The van der Waals surface area contributed by atoms with Crippen LogP contribution in [-0.2, 0) is 9.84 Å². The number of hydrogen-bond acceptors (Lipinski definition) is 3. The van der Waals surface area contributed by atoms with Crippen molar-refractivity contribution in [3.63, 3.8) is 0 Å². The van der Waals surface area contributed by atoms with E-state index in [4.69, 9.17) is 0 Å². The first kappa shape index (κ1) is 14.0. The molecule has 5 heteroatoms. The molecule has 3 nitrogen and oxygen atoms in total. The maximum absolute atomic E-state index is 13.4. The Morgan fingerprint density at radius 2 is 1.95 bits per heavy atom. The molecule has 0 bridgehead atoms. The monoisotopic (exact) mass is 297 g/mol. The van der Waals surface area contributed by atoms with Gasteiger partial charge in [-0.1, -0.05) is 12.8 Å². The average Bonchev–Trinajstić information content (AvgIpc) is 2.90. The summed E-state index contributed by atoms with van der Waals surface area (Å²) in [6.45, 7) is 0.903. The molecule has 1 aliphatic heterocycles. The van der Waals surface area contributed by atoms with Gasteiger partial charge in [-0.3, -0.25) is 0 Å². The molecule has 1 aromatic rings. The molecule has 1 aliphatic carbocycles. The van der Waals surface area contributed by atoms with Gasteiger partial charge in [-0.05, 0) is 55.5 Å². The van der Waals surface area contributed by atoms with Gasteiger partial charge in [0.25, 0.3) is 0 Å². The Hall–Kier alpha value is -0.940. The number of benzene rings is 1. The minimum atomic E-state index is -3.24. The van der Waals surface area contributed by atoms with Gasteiger partial charge >= 0.3 is 0 Å². The third kappa shape index (κ3) is 2.74. The van der Waals surface area contributed by atoms with E-state index in [1.54, 1.807) is 0 Å². The molecular formula is C15H20FNO2S. The topological polar surface area (TPSA) is 46.2 Å². The zero-order chi connectivity index (χ0) is 14.2. The van der Waals surface area contributed by atoms with E-state index in [0.29, 0.717) is 22.8 Å². The molecule has 110 valence electrons. The summed E-state index contributed by atoms with van der Waals surface area (Å²) in [6, 6.07) is 3.97. The van der Waals surface area contributed by atoms with Crippen LogP contribution in [0.25, 0.3) is 0 Å². The largest absolute Gasteiger partial charge is 0.310 e. The lowest BCUT2D eigenvalue weighted by Crippen LogP contribution is -2.32. The van der Waals surface area contributed by atoms with E-state index in [1.165, 1.54) is 43.9 Å². The molecule has 2 aliphatic rings. The van der Waals surface area contributed by atoms with Crippen molar-refractivity contribution in [3.05, 3.63) is 29.6 Å². The summed E-state index contributed by atoms with van der Waals surface area (Å²) in [5.41, 5.74) is 0.606. The van der Waals surface area contributed by atoms with Crippen LogP contribution in [0.15, 0.2) is 23.1 Å². The summed E-state index contributed by atoms with van der Waals surface area (Å²) in [5.74, 6) is 0.465. The summed E-state index contributed by atoms with van der Waals surface area (Å²) >= 11 is 0. The van der Waals surface area contributed by atoms with Gasteiger partial charge in [0.1, 0.15) is 5.82 Å². The molecule has 1 aromatic carbocycles. The summed E-state index contributed by atoms with van der Waals surface area (Å²) in [5, 5.41) is 3.45. The second-order valence-corrected chi connectivity index (χ2v) is 7.98. The van der Waals surface area contributed by atoms with E-state index in [9.17, 15) is 12.8 Å². The molecule has 0 radical (unpaired) electrons. The van der Waals surface area contributed by atoms with Crippen molar-refractivity contribution in [1.82, 2.24) is 5.32 Å². The third-order valence-electron chi connectivity index (χ3n) is 4.49. The van der Waals surface area contributed by atoms with Crippen molar-refractivity contribution < 1.29 is 12.8 Å². The summed E-state index contributed by atoms with van der Waals surface area (Å²) in [4.78, 5) is 0.300. The van der Waals surface area contributed by atoms with Gasteiger partial charge in [-0.25, -0.2) is 12.8 Å². The van der Waals surface area contributed by atoms with Crippen LogP contribution < -0.4 is 5.32 Å². The highest BCUT2D eigenvalue weighted by atomic mass is 32.2. The average molecular weight is 297 g/mol. The van der Waals surface area contributed by atoms with Gasteiger partial charge in [0.2, 0.25) is 0 Å². The van der Waals surface area contributed by atoms with Crippen LogP contribution in [0.1, 0.15) is 43.7 Å². The van der Waals surface area contributed by atoms with Gasteiger partial charge in [0.05, 0.1) is 10.6 Å². The van der Waals surface area contributed by atoms with Gasteiger partial charge in [0, 0.05) is 6.04 Å². The van der Waals surface area contributed by atoms with Crippen molar-refractivity contribution in [2.45, 2.75) is 43.0 Å². The Kier molecular flexibility index (Phi) is 3.82. The quantitative estimate of drug-likeness (QED) is 0.873. The zero-order valence-corrected chi connectivity index (χ0v) is 12.3. The van der Waals surface area contributed by atoms with E-state index in [1.807, 2.05) is 0 Å². The third-order valence-corrected chi connectivity index (χ3v) is 6.30. The van der Waals surface area contributed by atoms with Crippen LogP contribution in [0.3, 0.4) is 0 Å². The Morgan fingerprint density at radius 1 is 1.20 bits per heavy atom. The number of halogens is 1. The molecule has 1 saturated carbocycles. The maximum Gasteiger partial charge on any atom is 0.178 e. The molecule has 1 fully saturated rings. The van der Waals surface area contributed by atoms with Crippen LogP contribution in [0.5, 0.6) is 0 Å². The maximum atomic E-state index is 13.4.